The quantitative estimate of drug-likeness (QED) is 0.294. The number of carbonyl (C=O) groups is 3. The Morgan fingerprint density at radius 1 is 0.793 bits per heavy atom. The van der Waals surface area contributed by atoms with Crippen LogP contribution in [0.25, 0.3) is 0 Å². The average Bonchev–Trinajstić information content (AvgIpc) is 2.74. The number of aryl methyl sites for hydroxylation is 1. The van der Waals surface area contributed by atoms with Crippen molar-refractivity contribution in [1.82, 2.24) is 0 Å². The van der Waals surface area contributed by atoms with Crippen molar-refractivity contribution in [3.63, 3.8) is 0 Å². The van der Waals surface area contributed by atoms with Crippen molar-refractivity contribution in [2.24, 2.45) is 0 Å². The van der Waals surface area contributed by atoms with E-state index in [1.54, 1.807) is 43.3 Å². The fraction of sp³-hybridized carbons (Fsp3) is 0.0455. The second-order valence-corrected chi connectivity index (χ2v) is 6.33. The van der Waals surface area contributed by atoms with Gasteiger partial charge in [-0.3, -0.25) is 24.5 Å². The minimum absolute atomic E-state index is 0.0741. The molecule has 0 radical (unpaired) electrons. The molecular weight excluding hydrogens is 372 g/mol. The van der Waals surface area contributed by atoms with E-state index in [1.165, 1.54) is 36.4 Å². The van der Waals surface area contributed by atoms with Gasteiger partial charge in [0.15, 0.2) is 0 Å². The number of nitro groups is 1. The molecule has 0 saturated heterocycles. The molecule has 1 N–H and O–H groups in total. The number of hydrogen-bond donors (Lipinski definition) is 1. The molecule has 0 aliphatic rings. The van der Waals surface area contributed by atoms with E-state index >= 15 is 0 Å². The Labute approximate surface area is 166 Å². The number of benzene rings is 3. The molecule has 3 aromatic carbocycles. The molecule has 1 amide bonds. The lowest BCUT2D eigenvalue weighted by atomic mass is 10.0. The van der Waals surface area contributed by atoms with Crippen LogP contribution in [0.2, 0.25) is 0 Å². The molecule has 3 aromatic rings. The van der Waals surface area contributed by atoms with E-state index in [-0.39, 0.29) is 28.1 Å². The van der Waals surface area contributed by atoms with Gasteiger partial charge in [0, 0.05) is 22.8 Å². The Balaban J connectivity index is 1.77. The Kier molecular flexibility index (Phi) is 5.59. The fourth-order valence-electron chi connectivity index (χ4n) is 2.72. The van der Waals surface area contributed by atoms with Gasteiger partial charge in [-0.1, -0.05) is 48.5 Å². The highest BCUT2D eigenvalue weighted by Crippen LogP contribution is 2.26. The number of rotatable bonds is 6. The van der Waals surface area contributed by atoms with Gasteiger partial charge in [-0.25, -0.2) is 0 Å². The van der Waals surface area contributed by atoms with Gasteiger partial charge < -0.3 is 5.32 Å². The standard InChI is InChI=1S/C22H16N2O5/c1-14-7-12-18(19(13-14)24(28)29)23-22(27)17-10-8-16(9-11-17)21(26)20(25)15-5-3-2-4-6-15/h2-13H,1H3,(H,23,27). The van der Waals surface area contributed by atoms with Crippen LogP contribution in [0, 0.1) is 17.0 Å². The minimum Gasteiger partial charge on any atom is -0.316 e. The number of amides is 1. The summed E-state index contributed by atoms with van der Waals surface area (Å²) in [5.41, 5.74) is 1.19. The van der Waals surface area contributed by atoms with Crippen molar-refractivity contribution in [3.8, 4) is 0 Å². The molecule has 0 spiro atoms. The third-order valence-corrected chi connectivity index (χ3v) is 4.25. The van der Waals surface area contributed by atoms with Gasteiger partial charge in [-0.15, -0.1) is 0 Å². The van der Waals surface area contributed by atoms with Gasteiger partial charge in [0.05, 0.1) is 4.92 Å². The number of nitrogens with one attached hydrogen (secondary N) is 1. The van der Waals surface area contributed by atoms with Gasteiger partial charge in [0.25, 0.3) is 11.6 Å². The van der Waals surface area contributed by atoms with Crippen LogP contribution in [-0.2, 0) is 0 Å². The highest BCUT2D eigenvalue weighted by atomic mass is 16.6. The summed E-state index contributed by atoms with van der Waals surface area (Å²) in [5, 5.41) is 13.7. The molecule has 0 aromatic heterocycles. The van der Waals surface area contributed by atoms with Crippen LogP contribution in [0.5, 0.6) is 0 Å². The van der Waals surface area contributed by atoms with Gasteiger partial charge >= 0.3 is 0 Å². The summed E-state index contributed by atoms with van der Waals surface area (Å²) in [7, 11) is 0. The Hall–Kier alpha value is -4.13. The molecule has 0 aliphatic carbocycles. The molecule has 0 fully saturated rings. The van der Waals surface area contributed by atoms with Crippen molar-refractivity contribution in [2.45, 2.75) is 6.92 Å². The van der Waals surface area contributed by atoms with E-state index in [9.17, 15) is 24.5 Å². The number of Topliss-reactive ketones (excluding diaryl/α,β-unsaturated/α-hetero) is 2. The maximum absolute atomic E-state index is 12.4. The number of nitrogens with zero attached hydrogens (tertiary/aromatic N) is 1. The molecule has 0 atom stereocenters. The van der Waals surface area contributed by atoms with Crippen LogP contribution >= 0.6 is 0 Å². The molecule has 0 bridgehead atoms. The summed E-state index contributed by atoms with van der Waals surface area (Å²) >= 11 is 0. The van der Waals surface area contributed by atoms with E-state index in [0.717, 1.165) is 0 Å². The minimum atomic E-state index is -0.683. The monoisotopic (exact) mass is 388 g/mol. The molecule has 7 heteroatoms. The van der Waals surface area contributed by atoms with E-state index in [1.807, 2.05) is 0 Å². The van der Waals surface area contributed by atoms with Crippen molar-refractivity contribution >= 4 is 28.8 Å². The van der Waals surface area contributed by atoms with Gasteiger partial charge in [0.2, 0.25) is 11.6 Å². The van der Waals surface area contributed by atoms with Crippen molar-refractivity contribution < 1.29 is 19.3 Å². The first-order valence-corrected chi connectivity index (χ1v) is 8.67. The van der Waals surface area contributed by atoms with Crippen molar-refractivity contribution in [1.29, 1.82) is 0 Å². The lowest BCUT2D eigenvalue weighted by Crippen LogP contribution is -2.16. The number of hydrogen-bond acceptors (Lipinski definition) is 5. The first-order chi connectivity index (χ1) is 13.9. The zero-order valence-electron chi connectivity index (χ0n) is 15.4. The second-order valence-electron chi connectivity index (χ2n) is 6.33. The molecule has 29 heavy (non-hydrogen) atoms. The largest absolute Gasteiger partial charge is 0.316 e. The summed E-state index contributed by atoms with van der Waals surface area (Å²) in [4.78, 5) is 47.6. The Morgan fingerprint density at radius 2 is 1.34 bits per heavy atom. The summed E-state index contributed by atoms with van der Waals surface area (Å²) in [6.45, 7) is 1.71. The summed E-state index contributed by atoms with van der Waals surface area (Å²) < 4.78 is 0. The summed E-state index contributed by atoms with van der Waals surface area (Å²) in [6, 6.07) is 18.2. The zero-order chi connectivity index (χ0) is 21.0. The molecule has 0 heterocycles. The van der Waals surface area contributed by atoms with Crippen LogP contribution < -0.4 is 5.32 Å². The highest BCUT2D eigenvalue weighted by Gasteiger charge is 2.20. The maximum atomic E-state index is 12.4. The van der Waals surface area contributed by atoms with Crippen molar-refractivity contribution in [2.75, 3.05) is 5.32 Å². The van der Waals surface area contributed by atoms with Gasteiger partial charge in [-0.2, -0.15) is 0 Å². The molecule has 0 aliphatic heterocycles. The molecule has 144 valence electrons. The SMILES string of the molecule is Cc1ccc(NC(=O)c2ccc(C(=O)C(=O)c3ccccc3)cc2)c([N+](=O)[O-])c1. The normalized spacial score (nSPS) is 10.2. The average molecular weight is 388 g/mol. The van der Waals surface area contributed by atoms with E-state index in [4.69, 9.17) is 0 Å². The summed E-state index contributed by atoms with van der Waals surface area (Å²) in [5.74, 6) is -1.89. The van der Waals surface area contributed by atoms with Crippen LogP contribution in [0.1, 0.15) is 36.6 Å². The van der Waals surface area contributed by atoms with E-state index in [0.29, 0.717) is 5.56 Å². The Bertz CT molecular complexity index is 1110. The molecule has 7 nitrogen and oxygen atoms in total. The zero-order valence-corrected chi connectivity index (χ0v) is 15.4. The smallest absolute Gasteiger partial charge is 0.293 e. The molecular formula is C22H16N2O5. The predicted octanol–water partition coefficient (Wildman–Crippen LogP) is 4.22. The molecule has 3 rings (SSSR count). The Morgan fingerprint density at radius 3 is 1.93 bits per heavy atom. The second kappa shape index (κ2) is 8.26. The number of nitro benzene ring substituents is 1. The topological polar surface area (TPSA) is 106 Å². The number of ketones is 2. The third kappa shape index (κ3) is 4.41. The van der Waals surface area contributed by atoms with Crippen LogP contribution in [0.3, 0.4) is 0 Å². The van der Waals surface area contributed by atoms with Gasteiger partial charge in [0.1, 0.15) is 5.69 Å². The lowest BCUT2D eigenvalue weighted by Gasteiger charge is -2.07. The van der Waals surface area contributed by atoms with E-state index in [2.05, 4.69) is 5.32 Å². The predicted molar refractivity (Wildman–Crippen MR) is 107 cm³/mol. The van der Waals surface area contributed by atoms with Crippen LogP contribution in [0.15, 0.2) is 72.8 Å². The molecule has 0 unspecified atom stereocenters. The highest BCUT2D eigenvalue weighted by molar-refractivity contribution is 6.49. The first-order valence-electron chi connectivity index (χ1n) is 8.67. The van der Waals surface area contributed by atoms with Crippen LogP contribution in [0.4, 0.5) is 11.4 Å². The van der Waals surface area contributed by atoms with Crippen molar-refractivity contribution in [3.05, 3.63) is 105 Å². The van der Waals surface area contributed by atoms with Crippen LogP contribution in [-0.4, -0.2) is 22.4 Å². The number of carbonyl (C=O) groups excluding carboxylic acids is 3. The maximum Gasteiger partial charge on any atom is 0.293 e. The third-order valence-electron chi connectivity index (χ3n) is 4.25. The first kappa shape index (κ1) is 19.6. The fourth-order valence-corrected chi connectivity index (χ4v) is 2.72. The van der Waals surface area contributed by atoms with Gasteiger partial charge in [-0.05, 0) is 30.7 Å². The number of anilines is 1. The molecule has 0 saturated carbocycles. The lowest BCUT2D eigenvalue weighted by molar-refractivity contribution is -0.384. The summed E-state index contributed by atoms with van der Waals surface area (Å²) in [6.07, 6.45) is 0. The van der Waals surface area contributed by atoms with E-state index < -0.39 is 22.4 Å².